The SMILES string of the molecule is CS(=O)(=O)Nc1cc([C@H](O)CNCCc2ccc(NC3CCN(C(=O)N4CCC[C@H]4C(=O)O)CC3)cc2)ccc1O. The van der Waals surface area contributed by atoms with Gasteiger partial charge in [0.25, 0.3) is 0 Å². The van der Waals surface area contributed by atoms with E-state index in [-0.39, 0.29) is 30.1 Å². The fraction of sp³-hybridized carbons (Fsp3) is 0.500. The van der Waals surface area contributed by atoms with Crippen molar-refractivity contribution in [1.29, 1.82) is 0 Å². The molecule has 0 spiro atoms. The predicted octanol–water partition coefficient (Wildman–Crippen LogP) is 2.17. The number of likely N-dealkylation sites (tertiary alicyclic amines) is 2. The molecule has 2 amide bonds. The summed E-state index contributed by atoms with van der Waals surface area (Å²) < 4.78 is 25.2. The molecule has 41 heavy (non-hydrogen) atoms. The van der Waals surface area contributed by atoms with Gasteiger partial charge in [-0.05, 0) is 74.0 Å². The molecule has 2 saturated heterocycles. The van der Waals surface area contributed by atoms with Gasteiger partial charge in [-0.15, -0.1) is 0 Å². The number of aliphatic hydroxyl groups excluding tert-OH is 1. The van der Waals surface area contributed by atoms with Crippen molar-refractivity contribution in [2.45, 2.75) is 50.3 Å². The third kappa shape index (κ3) is 8.47. The van der Waals surface area contributed by atoms with Gasteiger partial charge in [-0.25, -0.2) is 18.0 Å². The fourth-order valence-electron chi connectivity index (χ4n) is 5.28. The molecule has 2 aromatic carbocycles. The monoisotopic (exact) mass is 589 g/mol. The van der Waals surface area contributed by atoms with Crippen LogP contribution in [0.3, 0.4) is 0 Å². The zero-order valence-electron chi connectivity index (χ0n) is 23.1. The van der Waals surface area contributed by atoms with Crippen LogP contribution in [0.1, 0.15) is 42.9 Å². The number of carbonyl (C=O) groups is 2. The lowest BCUT2D eigenvalue weighted by Gasteiger charge is -2.36. The lowest BCUT2D eigenvalue weighted by atomic mass is 10.0. The highest BCUT2D eigenvalue weighted by molar-refractivity contribution is 7.92. The van der Waals surface area contributed by atoms with E-state index in [2.05, 4.69) is 15.4 Å². The van der Waals surface area contributed by atoms with Crippen LogP contribution in [0.2, 0.25) is 0 Å². The van der Waals surface area contributed by atoms with Crippen LogP contribution in [-0.2, 0) is 21.2 Å². The summed E-state index contributed by atoms with van der Waals surface area (Å²) >= 11 is 0. The maximum Gasteiger partial charge on any atom is 0.326 e. The Morgan fingerprint density at radius 3 is 2.41 bits per heavy atom. The first-order valence-electron chi connectivity index (χ1n) is 13.8. The van der Waals surface area contributed by atoms with Gasteiger partial charge in [0.05, 0.1) is 18.0 Å². The van der Waals surface area contributed by atoms with Crippen molar-refractivity contribution in [3.8, 4) is 5.75 Å². The van der Waals surface area contributed by atoms with E-state index < -0.39 is 28.1 Å². The number of piperidine rings is 1. The molecule has 6 N–H and O–H groups in total. The molecule has 2 fully saturated rings. The molecule has 2 atom stereocenters. The molecule has 224 valence electrons. The van der Waals surface area contributed by atoms with Crippen LogP contribution in [0.5, 0.6) is 5.75 Å². The Morgan fingerprint density at radius 2 is 1.76 bits per heavy atom. The highest BCUT2D eigenvalue weighted by Crippen LogP contribution is 2.28. The number of anilines is 2. The van der Waals surface area contributed by atoms with Gasteiger partial charge < -0.3 is 35.8 Å². The zero-order chi connectivity index (χ0) is 29.6. The molecule has 0 bridgehead atoms. The number of carbonyl (C=O) groups excluding carboxylic acids is 1. The Hall–Kier alpha value is -3.55. The van der Waals surface area contributed by atoms with Crippen LogP contribution in [0.15, 0.2) is 42.5 Å². The van der Waals surface area contributed by atoms with E-state index in [9.17, 15) is 33.3 Å². The number of nitrogens with zero attached hydrogens (tertiary/aromatic N) is 2. The minimum absolute atomic E-state index is 0.0211. The third-order valence-electron chi connectivity index (χ3n) is 7.50. The maximum atomic E-state index is 12.8. The first-order chi connectivity index (χ1) is 19.5. The van der Waals surface area contributed by atoms with E-state index in [0.717, 1.165) is 43.2 Å². The number of rotatable bonds is 11. The Kier molecular flexibility index (Phi) is 9.94. The van der Waals surface area contributed by atoms with Gasteiger partial charge in [-0.2, -0.15) is 0 Å². The topological polar surface area (TPSA) is 172 Å². The number of carboxylic acid groups (broad SMARTS) is 1. The number of aliphatic carboxylic acids is 1. The van der Waals surface area contributed by atoms with Crippen molar-refractivity contribution >= 4 is 33.4 Å². The molecule has 0 saturated carbocycles. The predicted molar refractivity (Wildman–Crippen MR) is 156 cm³/mol. The minimum atomic E-state index is -3.56. The summed E-state index contributed by atoms with van der Waals surface area (Å²) in [5.74, 6) is -1.15. The maximum absolute atomic E-state index is 12.8. The second-order valence-electron chi connectivity index (χ2n) is 10.7. The van der Waals surface area contributed by atoms with Crippen LogP contribution < -0.4 is 15.4 Å². The Labute approximate surface area is 240 Å². The van der Waals surface area contributed by atoms with Crippen LogP contribution in [0.25, 0.3) is 0 Å². The smallest absolute Gasteiger partial charge is 0.326 e. The molecule has 0 aliphatic carbocycles. The molecule has 2 heterocycles. The van der Waals surface area contributed by atoms with Gasteiger partial charge in [-0.1, -0.05) is 18.2 Å². The number of carboxylic acids is 1. The van der Waals surface area contributed by atoms with Crippen LogP contribution in [0, 0.1) is 0 Å². The number of phenols is 1. The number of hydrogen-bond donors (Lipinski definition) is 6. The van der Waals surface area contributed by atoms with E-state index in [1.807, 2.05) is 24.3 Å². The molecular formula is C28H39N5O7S. The van der Waals surface area contributed by atoms with Gasteiger partial charge in [0.1, 0.15) is 11.8 Å². The van der Waals surface area contributed by atoms with Crippen molar-refractivity contribution in [2.75, 3.05) is 49.0 Å². The number of amides is 2. The number of benzene rings is 2. The van der Waals surface area contributed by atoms with Crippen molar-refractivity contribution in [3.63, 3.8) is 0 Å². The molecule has 0 unspecified atom stereocenters. The summed E-state index contributed by atoms with van der Waals surface area (Å²) in [5.41, 5.74) is 2.62. The molecule has 12 nitrogen and oxygen atoms in total. The lowest BCUT2D eigenvalue weighted by Crippen LogP contribution is -2.51. The summed E-state index contributed by atoms with van der Waals surface area (Å²) in [6.07, 6.45) is 3.68. The van der Waals surface area contributed by atoms with Crippen molar-refractivity contribution in [3.05, 3.63) is 53.6 Å². The molecule has 0 aromatic heterocycles. The van der Waals surface area contributed by atoms with E-state index in [1.165, 1.54) is 17.0 Å². The Bertz CT molecular complexity index is 1310. The molecule has 2 aliphatic heterocycles. The van der Waals surface area contributed by atoms with Gasteiger partial charge in [0, 0.05) is 37.9 Å². The quantitative estimate of drug-likeness (QED) is 0.170. The number of aliphatic hydroxyl groups is 1. The number of nitrogens with one attached hydrogen (secondary N) is 3. The van der Waals surface area contributed by atoms with E-state index in [1.54, 1.807) is 11.0 Å². The van der Waals surface area contributed by atoms with E-state index in [0.29, 0.717) is 38.2 Å². The second-order valence-corrected chi connectivity index (χ2v) is 12.4. The Balaban J connectivity index is 1.17. The normalized spacial score (nSPS) is 18.7. The Morgan fingerprint density at radius 1 is 1.05 bits per heavy atom. The summed E-state index contributed by atoms with van der Waals surface area (Å²) in [4.78, 5) is 27.5. The summed E-state index contributed by atoms with van der Waals surface area (Å²) in [7, 11) is -3.56. The summed E-state index contributed by atoms with van der Waals surface area (Å²) in [5, 5.41) is 36.4. The number of hydrogen-bond acceptors (Lipinski definition) is 8. The average Bonchev–Trinajstić information content (AvgIpc) is 3.43. The standard InChI is InChI=1S/C28H39N5O7S/c1-41(39,40)31-23-17-20(6-9-25(23)34)26(35)18-29-13-10-19-4-7-21(8-5-19)30-22-11-15-32(16-12-22)28(38)33-14-2-3-24(33)27(36)37/h4-9,17,22,24,26,29-31,34-35H,2-3,10-16,18H2,1H3,(H,36,37)/t24-,26+/m0/s1. The highest BCUT2D eigenvalue weighted by atomic mass is 32.2. The molecule has 2 aromatic rings. The van der Waals surface area contributed by atoms with Crippen LogP contribution >= 0.6 is 0 Å². The minimum Gasteiger partial charge on any atom is -0.506 e. The summed E-state index contributed by atoms with van der Waals surface area (Å²) in [6.45, 7) is 2.57. The first kappa shape index (κ1) is 30.4. The van der Waals surface area contributed by atoms with Crippen LogP contribution in [0.4, 0.5) is 16.2 Å². The zero-order valence-corrected chi connectivity index (χ0v) is 23.9. The molecule has 0 radical (unpaired) electrons. The number of phenolic OH excluding ortho intramolecular Hbond substituents is 1. The molecule has 4 rings (SSSR count). The largest absolute Gasteiger partial charge is 0.506 e. The van der Waals surface area contributed by atoms with Gasteiger partial charge >= 0.3 is 12.0 Å². The molecular weight excluding hydrogens is 550 g/mol. The second kappa shape index (κ2) is 13.4. The van der Waals surface area contributed by atoms with Crippen molar-refractivity contribution < 1.29 is 33.3 Å². The number of aromatic hydroxyl groups is 1. The highest BCUT2D eigenvalue weighted by Gasteiger charge is 2.37. The molecule has 2 aliphatic rings. The van der Waals surface area contributed by atoms with Crippen molar-refractivity contribution in [2.24, 2.45) is 0 Å². The first-order valence-corrected chi connectivity index (χ1v) is 15.7. The lowest BCUT2D eigenvalue weighted by molar-refractivity contribution is -0.141. The van der Waals surface area contributed by atoms with E-state index in [4.69, 9.17) is 0 Å². The van der Waals surface area contributed by atoms with E-state index >= 15 is 0 Å². The number of sulfonamides is 1. The third-order valence-corrected chi connectivity index (χ3v) is 8.09. The molecule has 13 heteroatoms. The number of urea groups is 1. The fourth-order valence-corrected chi connectivity index (χ4v) is 5.85. The summed E-state index contributed by atoms with van der Waals surface area (Å²) in [6, 6.07) is 11.8. The van der Waals surface area contributed by atoms with Crippen LogP contribution in [-0.4, -0.2) is 96.6 Å². The van der Waals surface area contributed by atoms with Gasteiger partial charge in [-0.3, -0.25) is 4.72 Å². The van der Waals surface area contributed by atoms with Crippen molar-refractivity contribution in [1.82, 2.24) is 15.1 Å². The van der Waals surface area contributed by atoms with Gasteiger partial charge in [0.2, 0.25) is 10.0 Å². The average molecular weight is 590 g/mol. The van der Waals surface area contributed by atoms with Gasteiger partial charge in [0.15, 0.2) is 0 Å².